The molecule has 0 aliphatic rings. The van der Waals surface area contributed by atoms with E-state index >= 15 is 0 Å². The van der Waals surface area contributed by atoms with Gasteiger partial charge in [0.2, 0.25) is 0 Å². The van der Waals surface area contributed by atoms with Gasteiger partial charge in [-0.05, 0) is 42.9 Å². The van der Waals surface area contributed by atoms with Gasteiger partial charge in [0.25, 0.3) is 0 Å². The Morgan fingerprint density at radius 1 is 1.33 bits per heavy atom. The lowest BCUT2D eigenvalue weighted by Crippen LogP contribution is -2.35. The molecule has 0 amide bonds. The number of para-hydroxylation sites is 1. The van der Waals surface area contributed by atoms with E-state index in [9.17, 15) is 0 Å². The quantitative estimate of drug-likeness (QED) is 0.853. The predicted molar refractivity (Wildman–Crippen MR) is 86.7 cm³/mol. The molecule has 21 heavy (non-hydrogen) atoms. The summed E-state index contributed by atoms with van der Waals surface area (Å²) in [5.41, 5.74) is 2.10. The van der Waals surface area contributed by atoms with Crippen molar-refractivity contribution in [1.82, 2.24) is 4.90 Å². The number of nitriles is 1. The zero-order valence-corrected chi connectivity index (χ0v) is 12.7. The summed E-state index contributed by atoms with van der Waals surface area (Å²) in [6.45, 7) is 3.14. The van der Waals surface area contributed by atoms with Crippen LogP contribution >= 0.6 is 12.2 Å². The fourth-order valence-electron chi connectivity index (χ4n) is 1.94. The topological polar surface area (TPSA) is 52.2 Å². The van der Waals surface area contributed by atoms with Crippen LogP contribution in [0, 0.1) is 18.3 Å². The number of nitrogens with one attached hydrogen (secondary N) is 1. The molecule has 108 valence electrons. The van der Waals surface area contributed by atoms with Gasteiger partial charge in [-0.15, -0.1) is 0 Å². The fourth-order valence-corrected chi connectivity index (χ4v) is 2.20. The van der Waals surface area contributed by atoms with Gasteiger partial charge in [0, 0.05) is 12.2 Å². The molecular weight excluding hydrogens is 282 g/mol. The molecule has 0 spiro atoms. The number of furan rings is 1. The first-order valence-corrected chi connectivity index (χ1v) is 7.12. The number of benzene rings is 1. The molecule has 2 rings (SSSR count). The van der Waals surface area contributed by atoms with Gasteiger partial charge in [-0.25, -0.2) is 0 Å². The van der Waals surface area contributed by atoms with Gasteiger partial charge in [-0.1, -0.05) is 18.2 Å². The van der Waals surface area contributed by atoms with Gasteiger partial charge in [-0.3, -0.25) is 0 Å². The Morgan fingerprint density at radius 2 is 2.14 bits per heavy atom. The Balaban J connectivity index is 2.07. The van der Waals surface area contributed by atoms with Gasteiger partial charge in [0.05, 0.1) is 25.3 Å². The van der Waals surface area contributed by atoms with Crippen LogP contribution in [0.3, 0.4) is 0 Å². The second-order valence-electron chi connectivity index (χ2n) is 4.65. The van der Waals surface area contributed by atoms with Crippen molar-refractivity contribution in [3.8, 4) is 6.07 Å². The van der Waals surface area contributed by atoms with Gasteiger partial charge in [-0.2, -0.15) is 5.26 Å². The van der Waals surface area contributed by atoms with E-state index in [2.05, 4.69) is 11.4 Å². The zero-order chi connectivity index (χ0) is 15.1. The van der Waals surface area contributed by atoms with Crippen LogP contribution < -0.4 is 5.32 Å². The molecule has 4 nitrogen and oxygen atoms in total. The van der Waals surface area contributed by atoms with Crippen LogP contribution in [0.4, 0.5) is 5.69 Å². The first-order chi connectivity index (χ1) is 10.2. The van der Waals surface area contributed by atoms with Crippen LogP contribution in [-0.2, 0) is 6.54 Å². The Kier molecular flexibility index (Phi) is 5.35. The van der Waals surface area contributed by atoms with E-state index in [1.165, 1.54) is 0 Å². The van der Waals surface area contributed by atoms with E-state index in [0.717, 1.165) is 17.0 Å². The second-order valence-corrected chi connectivity index (χ2v) is 5.04. The molecular formula is C16H17N3OS. The molecule has 5 heteroatoms. The van der Waals surface area contributed by atoms with Crippen molar-refractivity contribution in [2.75, 3.05) is 11.9 Å². The van der Waals surface area contributed by atoms with E-state index in [1.54, 1.807) is 6.26 Å². The summed E-state index contributed by atoms with van der Waals surface area (Å²) in [5, 5.41) is 12.6. The third-order valence-corrected chi connectivity index (χ3v) is 3.45. The lowest BCUT2D eigenvalue weighted by Gasteiger charge is -2.24. The summed E-state index contributed by atoms with van der Waals surface area (Å²) >= 11 is 5.47. The molecule has 1 heterocycles. The average Bonchev–Trinajstić information content (AvgIpc) is 2.98. The maximum atomic E-state index is 8.79. The summed E-state index contributed by atoms with van der Waals surface area (Å²) < 4.78 is 5.36. The lowest BCUT2D eigenvalue weighted by atomic mass is 10.2. The third kappa shape index (κ3) is 4.33. The molecule has 0 saturated carbocycles. The number of anilines is 1. The summed E-state index contributed by atoms with van der Waals surface area (Å²) in [6, 6.07) is 13.8. The van der Waals surface area contributed by atoms with Gasteiger partial charge in [0.1, 0.15) is 5.76 Å². The van der Waals surface area contributed by atoms with E-state index < -0.39 is 0 Å². The molecule has 0 atom stereocenters. The van der Waals surface area contributed by atoms with E-state index in [0.29, 0.717) is 24.6 Å². The minimum Gasteiger partial charge on any atom is -0.467 e. The smallest absolute Gasteiger partial charge is 0.173 e. The number of rotatable bonds is 5. The number of hydrogen-bond donors (Lipinski definition) is 1. The van der Waals surface area contributed by atoms with Crippen molar-refractivity contribution in [3.05, 3.63) is 54.0 Å². The first-order valence-electron chi connectivity index (χ1n) is 6.71. The molecule has 0 saturated heterocycles. The molecule has 1 N–H and O–H groups in total. The minimum absolute atomic E-state index is 0.413. The summed E-state index contributed by atoms with van der Waals surface area (Å²) in [6.07, 6.45) is 2.05. The molecule has 0 radical (unpaired) electrons. The maximum Gasteiger partial charge on any atom is 0.173 e. The van der Waals surface area contributed by atoms with Gasteiger partial charge < -0.3 is 14.6 Å². The summed E-state index contributed by atoms with van der Waals surface area (Å²) in [4.78, 5) is 1.93. The molecule has 0 fully saturated rings. The molecule has 0 unspecified atom stereocenters. The van der Waals surface area contributed by atoms with Crippen molar-refractivity contribution in [2.24, 2.45) is 0 Å². The van der Waals surface area contributed by atoms with Crippen LogP contribution in [-0.4, -0.2) is 16.6 Å². The van der Waals surface area contributed by atoms with E-state index in [4.69, 9.17) is 21.9 Å². The van der Waals surface area contributed by atoms with Crippen LogP contribution in [0.2, 0.25) is 0 Å². The molecule has 1 aromatic carbocycles. The van der Waals surface area contributed by atoms with E-state index in [-0.39, 0.29) is 0 Å². The van der Waals surface area contributed by atoms with Crippen LogP contribution in [0.1, 0.15) is 17.7 Å². The Labute approximate surface area is 130 Å². The molecule has 0 aliphatic heterocycles. The molecule has 0 bridgehead atoms. The normalized spacial score (nSPS) is 9.90. The number of aryl methyl sites for hydroxylation is 1. The largest absolute Gasteiger partial charge is 0.467 e. The first kappa shape index (κ1) is 15.1. The standard InChI is InChI=1S/C16H17N3OS/c1-13-6-2-3-8-15(13)18-16(21)19(10-5-9-17)12-14-7-4-11-20-14/h2-4,6-8,11H,5,10,12H2,1H3,(H,18,21). The van der Waals surface area contributed by atoms with Crippen LogP contribution in [0.25, 0.3) is 0 Å². The highest BCUT2D eigenvalue weighted by atomic mass is 32.1. The number of nitrogens with zero attached hydrogens (tertiary/aromatic N) is 2. The molecule has 1 aromatic heterocycles. The van der Waals surface area contributed by atoms with Crippen molar-refractivity contribution in [1.29, 1.82) is 5.26 Å². The van der Waals surface area contributed by atoms with E-state index in [1.807, 2.05) is 48.2 Å². The van der Waals surface area contributed by atoms with Crippen molar-refractivity contribution >= 4 is 23.0 Å². The Morgan fingerprint density at radius 3 is 2.81 bits per heavy atom. The monoisotopic (exact) mass is 299 g/mol. The van der Waals surface area contributed by atoms with Crippen LogP contribution in [0.5, 0.6) is 0 Å². The third-order valence-electron chi connectivity index (χ3n) is 3.09. The molecule has 0 aliphatic carbocycles. The lowest BCUT2D eigenvalue weighted by molar-refractivity contribution is 0.371. The molecule has 2 aromatic rings. The highest BCUT2D eigenvalue weighted by molar-refractivity contribution is 7.80. The maximum absolute atomic E-state index is 8.79. The Bertz CT molecular complexity index is 631. The predicted octanol–water partition coefficient (Wildman–Crippen LogP) is 3.70. The van der Waals surface area contributed by atoms with Crippen LogP contribution in [0.15, 0.2) is 47.1 Å². The minimum atomic E-state index is 0.413. The van der Waals surface area contributed by atoms with Gasteiger partial charge in [0.15, 0.2) is 5.11 Å². The highest BCUT2D eigenvalue weighted by Gasteiger charge is 2.12. The number of thiocarbonyl (C=S) groups is 1. The second kappa shape index (κ2) is 7.46. The van der Waals surface area contributed by atoms with Crippen molar-refractivity contribution in [3.63, 3.8) is 0 Å². The highest BCUT2D eigenvalue weighted by Crippen LogP contribution is 2.15. The Hall–Kier alpha value is -2.32. The number of hydrogen-bond acceptors (Lipinski definition) is 3. The van der Waals surface area contributed by atoms with Gasteiger partial charge >= 0.3 is 0 Å². The average molecular weight is 299 g/mol. The van der Waals surface area contributed by atoms with Crippen molar-refractivity contribution < 1.29 is 4.42 Å². The van der Waals surface area contributed by atoms with Crippen molar-refractivity contribution in [2.45, 2.75) is 19.9 Å². The zero-order valence-electron chi connectivity index (χ0n) is 11.9. The SMILES string of the molecule is Cc1ccccc1NC(=S)N(CCC#N)Cc1ccco1. The summed E-state index contributed by atoms with van der Waals surface area (Å²) in [7, 11) is 0. The summed E-state index contributed by atoms with van der Waals surface area (Å²) in [5.74, 6) is 0.821. The fraction of sp³-hybridized carbons (Fsp3) is 0.250.